The third-order valence-corrected chi connectivity index (χ3v) is 1.16. The van der Waals surface area contributed by atoms with Crippen LogP contribution in [0.2, 0.25) is 0 Å². The molecule has 0 saturated heterocycles. The van der Waals surface area contributed by atoms with Crippen LogP contribution in [0, 0.1) is 0 Å². The van der Waals surface area contributed by atoms with Gasteiger partial charge in [0, 0.05) is 0 Å². The largest absolute Gasteiger partial charge is 0.394 e. The van der Waals surface area contributed by atoms with Crippen LogP contribution >= 0.6 is 0 Å². The molecule has 6 N–H and O–H groups in total. The van der Waals surface area contributed by atoms with Crippen molar-refractivity contribution in [3.63, 3.8) is 0 Å². The monoisotopic (exact) mass is 244 g/mol. The smallest absolute Gasteiger partial charge is 0.330 e. The van der Waals surface area contributed by atoms with Gasteiger partial charge in [0.25, 0.3) is 0 Å². The Balaban J connectivity index is -0.000000177. The molecule has 6 nitrogen and oxygen atoms in total. The Hall–Kier alpha value is 0.322. The van der Waals surface area contributed by atoms with Crippen LogP contribution in [0.1, 0.15) is 25.7 Å². The van der Waals surface area contributed by atoms with Gasteiger partial charge < -0.3 is 11.5 Å². The van der Waals surface area contributed by atoms with Crippen molar-refractivity contribution in [3.05, 3.63) is 0 Å². The van der Waals surface area contributed by atoms with E-state index in [0.29, 0.717) is 0 Å². The lowest BCUT2D eigenvalue weighted by molar-refractivity contribution is 0.381. The number of rotatable bonds is 5. The van der Waals surface area contributed by atoms with Crippen LogP contribution in [-0.2, 0) is 10.4 Å². The second-order valence-electron chi connectivity index (χ2n) is 2.44. The van der Waals surface area contributed by atoms with Crippen LogP contribution in [0.4, 0.5) is 0 Å². The first-order valence-electron chi connectivity index (χ1n) is 4.01. The molecule has 0 atom stereocenters. The molecular formula is C6H21AlN2O4S. The second-order valence-corrected chi connectivity index (χ2v) is 3.34. The van der Waals surface area contributed by atoms with E-state index >= 15 is 0 Å². The molecule has 0 aromatic rings. The molecule has 0 heterocycles. The van der Waals surface area contributed by atoms with Gasteiger partial charge in [0.2, 0.25) is 0 Å². The zero-order valence-corrected chi connectivity index (χ0v) is 8.33. The lowest BCUT2D eigenvalue weighted by Gasteiger charge is -1.94. The van der Waals surface area contributed by atoms with Crippen molar-refractivity contribution < 1.29 is 17.5 Å². The summed E-state index contributed by atoms with van der Waals surface area (Å²) in [5, 5.41) is 0. The maximum atomic E-state index is 8.74. The summed E-state index contributed by atoms with van der Waals surface area (Å²) >= 11 is 0. The summed E-state index contributed by atoms with van der Waals surface area (Å²) in [6.07, 6.45) is 4.79. The predicted octanol–water partition coefficient (Wildman–Crippen LogP) is -1.37. The Labute approximate surface area is 95.8 Å². The Morgan fingerprint density at radius 2 is 1.07 bits per heavy atom. The van der Waals surface area contributed by atoms with Gasteiger partial charge in [0.1, 0.15) is 0 Å². The lowest BCUT2D eigenvalue weighted by atomic mass is 10.2. The van der Waals surface area contributed by atoms with Crippen molar-refractivity contribution in [2.45, 2.75) is 25.7 Å². The average molecular weight is 244 g/mol. The molecule has 0 bridgehead atoms. The molecule has 14 heavy (non-hydrogen) atoms. The first kappa shape index (κ1) is 19.8. The number of nitrogens with two attached hydrogens (primary N) is 2. The molecule has 0 fully saturated rings. The highest BCUT2D eigenvalue weighted by Crippen LogP contribution is 1.95. The normalized spacial score (nSPS) is 9.71. The molecule has 0 amide bonds. The quantitative estimate of drug-likeness (QED) is 0.268. The van der Waals surface area contributed by atoms with E-state index in [0.717, 1.165) is 25.9 Å². The first-order valence-corrected chi connectivity index (χ1v) is 5.41. The highest BCUT2D eigenvalue weighted by Gasteiger charge is 1.84. The van der Waals surface area contributed by atoms with Crippen molar-refractivity contribution in [3.8, 4) is 0 Å². The van der Waals surface area contributed by atoms with Crippen LogP contribution in [0.5, 0.6) is 0 Å². The molecule has 0 aliphatic heterocycles. The van der Waals surface area contributed by atoms with Gasteiger partial charge in [-0.3, -0.25) is 9.11 Å². The van der Waals surface area contributed by atoms with Crippen molar-refractivity contribution in [2.75, 3.05) is 13.1 Å². The summed E-state index contributed by atoms with van der Waals surface area (Å²) in [5.74, 6) is 0. The summed E-state index contributed by atoms with van der Waals surface area (Å²) in [4.78, 5) is 0. The molecule has 0 aromatic carbocycles. The van der Waals surface area contributed by atoms with Crippen molar-refractivity contribution in [2.24, 2.45) is 11.5 Å². The zero-order chi connectivity index (χ0) is 10.7. The van der Waals surface area contributed by atoms with E-state index in [9.17, 15) is 0 Å². The highest BCUT2D eigenvalue weighted by atomic mass is 32.3. The van der Waals surface area contributed by atoms with Crippen LogP contribution in [0.15, 0.2) is 0 Å². The van der Waals surface area contributed by atoms with Gasteiger partial charge >= 0.3 is 10.4 Å². The summed E-state index contributed by atoms with van der Waals surface area (Å²) in [6, 6.07) is 0. The minimum absolute atomic E-state index is 0. The molecule has 0 aliphatic carbocycles. The summed E-state index contributed by atoms with van der Waals surface area (Å²) < 4.78 is 31.6. The molecule has 88 valence electrons. The van der Waals surface area contributed by atoms with Gasteiger partial charge in [0.15, 0.2) is 17.4 Å². The second kappa shape index (κ2) is 13.3. The fraction of sp³-hybridized carbons (Fsp3) is 1.00. The fourth-order valence-electron chi connectivity index (χ4n) is 0.642. The minimum atomic E-state index is -4.67. The van der Waals surface area contributed by atoms with Gasteiger partial charge in [-0.1, -0.05) is 12.8 Å². The van der Waals surface area contributed by atoms with Gasteiger partial charge in [0.05, 0.1) is 0 Å². The molecule has 0 unspecified atom stereocenters. The Morgan fingerprint density at radius 3 is 1.21 bits per heavy atom. The zero-order valence-electron chi connectivity index (χ0n) is 7.52. The standard InChI is InChI=1S/C6H16N2.Al.H2O4S.3H/c7-5-3-1-2-4-6-8;;1-5(2,3)4;;;/h1-8H2;;(H2,1,2,3,4);;;. The average Bonchev–Trinajstić information content (AvgIpc) is 1.95. The van der Waals surface area contributed by atoms with Crippen molar-refractivity contribution >= 4 is 27.8 Å². The van der Waals surface area contributed by atoms with Crippen LogP contribution in [-0.4, -0.2) is 48.0 Å². The number of hydrogen-bond acceptors (Lipinski definition) is 4. The SMILES string of the molecule is NCCCCCCN.O=S(=O)(O)O.[AlH3]. The van der Waals surface area contributed by atoms with Gasteiger partial charge in [-0.15, -0.1) is 0 Å². The van der Waals surface area contributed by atoms with Crippen molar-refractivity contribution in [1.82, 2.24) is 0 Å². The molecule has 8 heteroatoms. The maximum absolute atomic E-state index is 8.74. The molecule has 0 spiro atoms. The summed E-state index contributed by atoms with van der Waals surface area (Å²) in [6.45, 7) is 1.65. The van der Waals surface area contributed by atoms with E-state index in [2.05, 4.69) is 0 Å². The lowest BCUT2D eigenvalue weighted by Crippen LogP contribution is -2.00. The maximum Gasteiger partial charge on any atom is 0.394 e. The van der Waals surface area contributed by atoms with E-state index in [1.54, 1.807) is 0 Å². The van der Waals surface area contributed by atoms with E-state index in [-0.39, 0.29) is 17.4 Å². The molecule has 0 radical (unpaired) electrons. The number of unbranched alkanes of at least 4 members (excludes halogenated alkanes) is 3. The first-order chi connectivity index (χ1) is 5.91. The third kappa shape index (κ3) is 55.8. The van der Waals surface area contributed by atoms with Gasteiger partial charge in [-0.05, 0) is 25.9 Å². The molecule has 0 saturated carbocycles. The number of hydrogen-bond donors (Lipinski definition) is 4. The van der Waals surface area contributed by atoms with E-state index in [1.807, 2.05) is 0 Å². The predicted molar refractivity (Wildman–Crippen MR) is 60.7 cm³/mol. The Bertz CT molecular complexity index is 172. The molecule has 0 rings (SSSR count). The Morgan fingerprint density at radius 1 is 0.857 bits per heavy atom. The van der Waals surface area contributed by atoms with Crippen molar-refractivity contribution in [1.29, 1.82) is 0 Å². The van der Waals surface area contributed by atoms with Gasteiger partial charge in [-0.2, -0.15) is 8.42 Å². The van der Waals surface area contributed by atoms with Crippen LogP contribution < -0.4 is 11.5 Å². The third-order valence-electron chi connectivity index (χ3n) is 1.16. The van der Waals surface area contributed by atoms with E-state index in [1.165, 1.54) is 12.8 Å². The molecule has 0 aromatic heterocycles. The summed E-state index contributed by atoms with van der Waals surface area (Å²) in [5.41, 5.74) is 10.6. The summed E-state index contributed by atoms with van der Waals surface area (Å²) in [7, 11) is -4.67. The minimum Gasteiger partial charge on any atom is -0.330 e. The molecule has 0 aliphatic rings. The fourth-order valence-corrected chi connectivity index (χ4v) is 0.642. The van der Waals surface area contributed by atoms with E-state index < -0.39 is 10.4 Å². The molecular weight excluding hydrogens is 223 g/mol. The van der Waals surface area contributed by atoms with Crippen LogP contribution in [0.3, 0.4) is 0 Å². The highest BCUT2D eigenvalue weighted by molar-refractivity contribution is 7.79. The Kier molecular flexibility index (Phi) is 18.9. The van der Waals surface area contributed by atoms with Crippen LogP contribution in [0.25, 0.3) is 0 Å². The van der Waals surface area contributed by atoms with E-state index in [4.69, 9.17) is 29.0 Å². The van der Waals surface area contributed by atoms with Gasteiger partial charge in [-0.25, -0.2) is 0 Å². The topological polar surface area (TPSA) is 127 Å².